The normalized spacial score (nSPS) is 43.2. The SMILES string of the molecule is CCC1CCC(NC(=O)C2(N)CCCC(C)C2)C1C. The summed E-state index contributed by atoms with van der Waals surface area (Å²) < 4.78 is 0. The number of carbonyl (C=O) groups excluding carboxylic acids is 1. The molecule has 2 fully saturated rings. The van der Waals surface area contributed by atoms with Gasteiger partial charge in [0.05, 0.1) is 5.54 Å². The van der Waals surface area contributed by atoms with E-state index in [-0.39, 0.29) is 5.91 Å². The zero-order chi connectivity index (χ0) is 14.0. The number of hydrogen-bond donors (Lipinski definition) is 2. The average Bonchev–Trinajstić information content (AvgIpc) is 2.70. The van der Waals surface area contributed by atoms with Crippen molar-refractivity contribution in [1.29, 1.82) is 0 Å². The van der Waals surface area contributed by atoms with E-state index < -0.39 is 5.54 Å². The maximum Gasteiger partial charge on any atom is 0.240 e. The molecule has 2 rings (SSSR count). The largest absolute Gasteiger partial charge is 0.351 e. The third-order valence-corrected chi connectivity index (χ3v) is 5.55. The Bertz CT molecular complexity index is 331. The molecule has 0 aliphatic heterocycles. The Hall–Kier alpha value is -0.570. The van der Waals surface area contributed by atoms with Crippen LogP contribution in [0, 0.1) is 17.8 Å². The molecule has 2 aliphatic rings. The number of rotatable bonds is 3. The third kappa shape index (κ3) is 3.13. The van der Waals surface area contributed by atoms with E-state index in [1.807, 2.05) is 0 Å². The van der Waals surface area contributed by atoms with Gasteiger partial charge in [0.1, 0.15) is 0 Å². The molecule has 0 radical (unpaired) electrons. The number of nitrogens with two attached hydrogens (primary N) is 1. The van der Waals surface area contributed by atoms with Crippen LogP contribution in [0.15, 0.2) is 0 Å². The summed E-state index contributed by atoms with van der Waals surface area (Å²) in [6.45, 7) is 6.73. The van der Waals surface area contributed by atoms with Gasteiger partial charge in [-0.15, -0.1) is 0 Å². The van der Waals surface area contributed by atoms with Gasteiger partial charge >= 0.3 is 0 Å². The fourth-order valence-corrected chi connectivity index (χ4v) is 4.14. The molecule has 19 heavy (non-hydrogen) atoms. The molecular formula is C16H30N2O. The molecule has 3 nitrogen and oxygen atoms in total. The highest BCUT2D eigenvalue weighted by atomic mass is 16.2. The minimum absolute atomic E-state index is 0.104. The lowest BCUT2D eigenvalue weighted by atomic mass is 9.76. The van der Waals surface area contributed by atoms with Gasteiger partial charge in [-0.1, -0.05) is 40.0 Å². The Morgan fingerprint density at radius 1 is 1.32 bits per heavy atom. The van der Waals surface area contributed by atoms with Gasteiger partial charge in [0.15, 0.2) is 0 Å². The van der Waals surface area contributed by atoms with Crippen LogP contribution in [0.4, 0.5) is 0 Å². The molecule has 2 aliphatic carbocycles. The van der Waals surface area contributed by atoms with Crippen LogP contribution in [-0.2, 0) is 4.79 Å². The third-order valence-electron chi connectivity index (χ3n) is 5.55. The van der Waals surface area contributed by atoms with Crippen molar-refractivity contribution in [3.8, 4) is 0 Å². The number of carbonyl (C=O) groups is 1. The van der Waals surface area contributed by atoms with Gasteiger partial charge in [-0.25, -0.2) is 0 Å². The Kier molecular flexibility index (Phi) is 4.54. The van der Waals surface area contributed by atoms with E-state index in [4.69, 9.17) is 5.73 Å². The monoisotopic (exact) mass is 266 g/mol. The maximum absolute atomic E-state index is 12.5. The van der Waals surface area contributed by atoms with Gasteiger partial charge in [0.25, 0.3) is 0 Å². The van der Waals surface area contributed by atoms with E-state index in [9.17, 15) is 4.79 Å². The van der Waals surface area contributed by atoms with Gasteiger partial charge in [0.2, 0.25) is 5.91 Å². The summed E-state index contributed by atoms with van der Waals surface area (Å²) in [6.07, 6.45) is 7.58. The molecule has 0 saturated heterocycles. The summed E-state index contributed by atoms with van der Waals surface area (Å²) in [6, 6.07) is 0.343. The second-order valence-electron chi connectivity index (χ2n) is 7.04. The van der Waals surface area contributed by atoms with Crippen LogP contribution in [0.25, 0.3) is 0 Å². The molecule has 5 atom stereocenters. The summed E-state index contributed by atoms with van der Waals surface area (Å²) in [7, 11) is 0. The lowest BCUT2D eigenvalue weighted by molar-refractivity contribution is -0.129. The molecule has 1 amide bonds. The van der Waals surface area contributed by atoms with Crippen molar-refractivity contribution in [3.05, 3.63) is 0 Å². The average molecular weight is 266 g/mol. The molecule has 0 aromatic heterocycles. The fraction of sp³-hybridized carbons (Fsp3) is 0.938. The fourth-order valence-electron chi connectivity index (χ4n) is 4.14. The van der Waals surface area contributed by atoms with E-state index in [1.54, 1.807) is 0 Å². The molecule has 0 bridgehead atoms. The van der Waals surface area contributed by atoms with Gasteiger partial charge < -0.3 is 11.1 Å². The topological polar surface area (TPSA) is 55.1 Å². The van der Waals surface area contributed by atoms with Crippen LogP contribution >= 0.6 is 0 Å². The lowest BCUT2D eigenvalue weighted by Gasteiger charge is -2.36. The predicted molar refractivity (Wildman–Crippen MR) is 78.7 cm³/mol. The summed E-state index contributed by atoms with van der Waals surface area (Å²) in [5.41, 5.74) is 5.76. The van der Waals surface area contributed by atoms with E-state index >= 15 is 0 Å². The summed E-state index contributed by atoms with van der Waals surface area (Å²) in [5.74, 6) is 2.05. The second-order valence-corrected chi connectivity index (χ2v) is 7.04. The molecule has 3 heteroatoms. The standard InChI is InChI=1S/C16H30N2O/c1-4-13-7-8-14(12(13)3)18-15(19)16(17)9-5-6-11(2)10-16/h11-14H,4-10,17H2,1-3H3,(H,18,19). The second kappa shape index (κ2) is 5.82. The number of amides is 1. The summed E-state index contributed by atoms with van der Waals surface area (Å²) in [4.78, 5) is 12.5. The highest BCUT2D eigenvalue weighted by Gasteiger charge is 2.41. The van der Waals surface area contributed by atoms with Crippen molar-refractivity contribution in [3.63, 3.8) is 0 Å². The zero-order valence-electron chi connectivity index (χ0n) is 12.7. The van der Waals surface area contributed by atoms with Crippen molar-refractivity contribution in [1.82, 2.24) is 5.32 Å². The smallest absolute Gasteiger partial charge is 0.240 e. The van der Waals surface area contributed by atoms with Crippen LogP contribution < -0.4 is 11.1 Å². The van der Waals surface area contributed by atoms with E-state index in [2.05, 4.69) is 26.1 Å². The van der Waals surface area contributed by atoms with Crippen LogP contribution in [0.5, 0.6) is 0 Å². The maximum atomic E-state index is 12.5. The van der Waals surface area contributed by atoms with Crippen molar-refractivity contribution in [2.45, 2.75) is 77.3 Å². The van der Waals surface area contributed by atoms with Crippen LogP contribution in [0.3, 0.4) is 0 Å². The Morgan fingerprint density at radius 3 is 2.63 bits per heavy atom. The molecule has 2 saturated carbocycles. The Labute approximate surface area is 117 Å². The lowest BCUT2D eigenvalue weighted by Crippen LogP contribution is -2.58. The van der Waals surface area contributed by atoms with Gasteiger partial charge in [-0.05, 0) is 43.4 Å². The molecule has 0 aromatic rings. The molecule has 0 aromatic carbocycles. The first-order valence-electron chi connectivity index (χ1n) is 8.06. The predicted octanol–water partition coefficient (Wildman–Crippen LogP) is 2.83. The van der Waals surface area contributed by atoms with Crippen LogP contribution in [-0.4, -0.2) is 17.5 Å². The van der Waals surface area contributed by atoms with E-state index in [0.29, 0.717) is 17.9 Å². The van der Waals surface area contributed by atoms with E-state index in [0.717, 1.165) is 31.6 Å². The molecule has 110 valence electrons. The first-order chi connectivity index (χ1) is 8.96. The highest BCUT2D eigenvalue weighted by molar-refractivity contribution is 5.86. The van der Waals surface area contributed by atoms with Crippen LogP contribution in [0.2, 0.25) is 0 Å². The van der Waals surface area contributed by atoms with Gasteiger partial charge in [-0.2, -0.15) is 0 Å². The number of hydrogen-bond acceptors (Lipinski definition) is 2. The van der Waals surface area contributed by atoms with Gasteiger partial charge in [0, 0.05) is 6.04 Å². The molecule has 0 spiro atoms. The van der Waals surface area contributed by atoms with Crippen molar-refractivity contribution >= 4 is 5.91 Å². The summed E-state index contributed by atoms with van der Waals surface area (Å²) >= 11 is 0. The minimum atomic E-state index is -0.609. The van der Waals surface area contributed by atoms with Crippen molar-refractivity contribution in [2.75, 3.05) is 0 Å². The first-order valence-corrected chi connectivity index (χ1v) is 8.06. The Morgan fingerprint density at radius 2 is 2.05 bits per heavy atom. The molecule has 0 heterocycles. The molecule has 5 unspecified atom stereocenters. The number of nitrogens with one attached hydrogen (secondary N) is 1. The van der Waals surface area contributed by atoms with Crippen molar-refractivity contribution < 1.29 is 4.79 Å². The van der Waals surface area contributed by atoms with Crippen LogP contribution in [0.1, 0.15) is 65.7 Å². The van der Waals surface area contributed by atoms with Crippen molar-refractivity contribution in [2.24, 2.45) is 23.5 Å². The first kappa shape index (κ1) is 14.8. The molecular weight excluding hydrogens is 236 g/mol. The van der Waals surface area contributed by atoms with Gasteiger partial charge in [-0.3, -0.25) is 4.79 Å². The zero-order valence-corrected chi connectivity index (χ0v) is 12.7. The highest BCUT2D eigenvalue weighted by Crippen LogP contribution is 2.35. The van der Waals surface area contributed by atoms with E-state index in [1.165, 1.54) is 19.3 Å². The minimum Gasteiger partial charge on any atom is -0.351 e. The molecule has 3 N–H and O–H groups in total. The quantitative estimate of drug-likeness (QED) is 0.825. The Balaban J connectivity index is 1.94. The summed E-state index contributed by atoms with van der Waals surface area (Å²) in [5, 5.41) is 3.26.